The number of H-pyrrole nitrogens is 1. The zero-order valence-electron chi connectivity index (χ0n) is 10.6. The van der Waals surface area contributed by atoms with Crippen LogP contribution in [0.2, 0.25) is 0 Å². The lowest BCUT2D eigenvalue weighted by atomic mass is 10.0. The number of rotatable bonds is 2. The number of imidazole rings is 1. The van der Waals surface area contributed by atoms with Crippen LogP contribution in [0.3, 0.4) is 0 Å². The average Bonchev–Trinajstić information content (AvgIpc) is 2.82. The van der Waals surface area contributed by atoms with Gasteiger partial charge in [0, 0.05) is 19.5 Å². The molecule has 1 unspecified atom stereocenters. The van der Waals surface area contributed by atoms with Crippen LogP contribution in [-0.4, -0.2) is 34.5 Å². The summed E-state index contributed by atoms with van der Waals surface area (Å²) in [5.41, 5.74) is 2.60. The number of nitrogens with zero attached hydrogens (tertiary/aromatic N) is 2. The number of likely N-dealkylation sites (tertiary alicyclic amines) is 1. The Hall–Kier alpha value is -0.870. The first-order chi connectivity index (χ1) is 8.38. The van der Waals surface area contributed by atoms with Gasteiger partial charge in [0.05, 0.1) is 17.4 Å². The molecule has 2 aliphatic rings. The third-order valence-corrected chi connectivity index (χ3v) is 4.06. The summed E-state index contributed by atoms with van der Waals surface area (Å²) in [6, 6.07) is 0.527. The van der Waals surface area contributed by atoms with Crippen molar-refractivity contribution in [3.8, 4) is 0 Å². The number of aromatic nitrogens is 2. The number of nitrogens with one attached hydrogen (secondary N) is 2. The van der Waals surface area contributed by atoms with E-state index in [1.165, 1.54) is 43.0 Å². The van der Waals surface area contributed by atoms with Crippen LogP contribution in [0.4, 0.5) is 0 Å². The summed E-state index contributed by atoms with van der Waals surface area (Å²) >= 11 is 0. The van der Waals surface area contributed by atoms with Crippen LogP contribution in [-0.2, 0) is 13.0 Å². The zero-order valence-corrected chi connectivity index (χ0v) is 10.6. The highest BCUT2D eigenvalue weighted by Gasteiger charge is 2.26. The van der Waals surface area contributed by atoms with Gasteiger partial charge in [0.25, 0.3) is 0 Å². The molecule has 0 aliphatic carbocycles. The Morgan fingerprint density at radius 1 is 1.41 bits per heavy atom. The molecule has 1 fully saturated rings. The number of hydrogen-bond acceptors (Lipinski definition) is 3. The number of aromatic amines is 1. The van der Waals surface area contributed by atoms with Crippen molar-refractivity contribution in [2.75, 3.05) is 19.6 Å². The van der Waals surface area contributed by atoms with Crippen molar-refractivity contribution >= 4 is 0 Å². The van der Waals surface area contributed by atoms with E-state index in [0.29, 0.717) is 6.04 Å². The lowest BCUT2D eigenvalue weighted by molar-refractivity contribution is 0.150. The maximum absolute atomic E-state index is 4.84. The van der Waals surface area contributed by atoms with E-state index >= 15 is 0 Å². The Morgan fingerprint density at radius 2 is 2.35 bits per heavy atom. The summed E-state index contributed by atoms with van der Waals surface area (Å²) in [5, 5.41) is 3.40. The highest BCUT2D eigenvalue weighted by molar-refractivity contribution is 5.19. The van der Waals surface area contributed by atoms with Crippen molar-refractivity contribution in [3.63, 3.8) is 0 Å². The van der Waals surface area contributed by atoms with E-state index in [0.717, 1.165) is 26.1 Å². The van der Waals surface area contributed by atoms with Crippen molar-refractivity contribution < 1.29 is 0 Å². The quantitative estimate of drug-likeness (QED) is 0.817. The Bertz CT molecular complexity index is 361. The van der Waals surface area contributed by atoms with Gasteiger partial charge in [0.2, 0.25) is 0 Å². The van der Waals surface area contributed by atoms with E-state index in [2.05, 4.69) is 22.1 Å². The Labute approximate surface area is 103 Å². The third-order valence-electron chi connectivity index (χ3n) is 4.06. The molecule has 2 aliphatic heterocycles. The van der Waals surface area contributed by atoms with Gasteiger partial charge in [-0.1, -0.05) is 13.3 Å². The van der Waals surface area contributed by atoms with Crippen molar-refractivity contribution in [2.24, 2.45) is 0 Å². The summed E-state index contributed by atoms with van der Waals surface area (Å²) in [4.78, 5) is 10.9. The van der Waals surface area contributed by atoms with Gasteiger partial charge in [0.15, 0.2) is 0 Å². The minimum atomic E-state index is 0.527. The second-order valence-corrected chi connectivity index (χ2v) is 5.11. The minimum absolute atomic E-state index is 0.527. The average molecular weight is 234 g/mol. The lowest BCUT2D eigenvalue weighted by Gasteiger charge is -2.33. The molecule has 0 radical (unpaired) electrons. The largest absolute Gasteiger partial charge is 0.343 e. The molecule has 4 heteroatoms. The summed E-state index contributed by atoms with van der Waals surface area (Å²) < 4.78 is 0. The normalized spacial score (nSPS) is 25.8. The highest BCUT2D eigenvalue weighted by Crippen LogP contribution is 2.29. The maximum atomic E-state index is 4.84. The molecule has 2 N–H and O–H groups in total. The van der Waals surface area contributed by atoms with E-state index in [9.17, 15) is 0 Å². The van der Waals surface area contributed by atoms with Crippen molar-refractivity contribution in [1.82, 2.24) is 20.2 Å². The molecule has 0 spiro atoms. The van der Waals surface area contributed by atoms with Gasteiger partial charge < -0.3 is 10.3 Å². The van der Waals surface area contributed by atoms with Crippen LogP contribution >= 0.6 is 0 Å². The van der Waals surface area contributed by atoms with Crippen LogP contribution in [0.25, 0.3) is 0 Å². The smallest absolute Gasteiger partial charge is 0.124 e. The molecular weight excluding hydrogens is 212 g/mol. The number of fused-ring (bicyclic) bond motifs is 1. The molecule has 1 aromatic heterocycles. The molecule has 0 aromatic carbocycles. The Kier molecular flexibility index (Phi) is 3.16. The van der Waals surface area contributed by atoms with Gasteiger partial charge in [-0.2, -0.15) is 0 Å². The molecule has 3 rings (SSSR count). The van der Waals surface area contributed by atoms with Crippen LogP contribution in [0, 0.1) is 0 Å². The van der Waals surface area contributed by atoms with Crippen LogP contribution < -0.4 is 5.32 Å². The van der Waals surface area contributed by atoms with Gasteiger partial charge >= 0.3 is 0 Å². The second-order valence-electron chi connectivity index (χ2n) is 5.11. The van der Waals surface area contributed by atoms with Gasteiger partial charge in [-0.25, -0.2) is 4.98 Å². The van der Waals surface area contributed by atoms with E-state index < -0.39 is 0 Å². The highest BCUT2D eigenvalue weighted by atomic mass is 15.2. The van der Waals surface area contributed by atoms with Gasteiger partial charge in [-0.05, 0) is 25.9 Å². The predicted molar refractivity (Wildman–Crippen MR) is 67.8 cm³/mol. The molecule has 1 saturated heterocycles. The maximum Gasteiger partial charge on any atom is 0.124 e. The SMILES string of the molecule is CCN1CCCCC1c1nc2c([nH]1)CNCC2. The summed E-state index contributed by atoms with van der Waals surface area (Å²) in [6.07, 6.45) is 5.01. The first kappa shape index (κ1) is 11.2. The van der Waals surface area contributed by atoms with Crippen molar-refractivity contribution in [2.45, 2.75) is 45.2 Å². The molecular formula is C13H22N4. The molecule has 94 valence electrons. The standard InChI is InChI=1S/C13H22N4/c1-2-17-8-4-3-5-12(17)13-15-10-6-7-14-9-11(10)16-13/h12,14H,2-9H2,1H3,(H,15,16). The Morgan fingerprint density at radius 3 is 3.18 bits per heavy atom. The minimum Gasteiger partial charge on any atom is -0.343 e. The predicted octanol–water partition coefficient (Wildman–Crippen LogP) is 1.60. The number of piperidine rings is 1. The molecule has 4 nitrogen and oxygen atoms in total. The van der Waals surface area contributed by atoms with Crippen molar-refractivity contribution in [3.05, 3.63) is 17.2 Å². The van der Waals surface area contributed by atoms with Gasteiger partial charge in [-0.3, -0.25) is 4.90 Å². The fourth-order valence-corrected chi connectivity index (χ4v) is 3.08. The fraction of sp³-hybridized carbons (Fsp3) is 0.769. The van der Waals surface area contributed by atoms with Crippen LogP contribution in [0.15, 0.2) is 0 Å². The molecule has 0 bridgehead atoms. The van der Waals surface area contributed by atoms with E-state index in [1.54, 1.807) is 0 Å². The molecule has 3 heterocycles. The monoisotopic (exact) mass is 234 g/mol. The van der Waals surface area contributed by atoms with Gasteiger partial charge in [0.1, 0.15) is 5.82 Å². The topological polar surface area (TPSA) is 44.0 Å². The lowest BCUT2D eigenvalue weighted by Crippen LogP contribution is -2.33. The first-order valence-electron chi connectivity index (χ1n) is 6.91. The van der Waals surface area contributed by atoms with E-state index in [-0.39, 0.29) is 0 Å². The fourth-order valence-electron chi connectivity index (χ4n) is 3.08. The Balaban J connectivity index is 1.84. The zero-order chi connectivity index (χ0) is 11.7. The molecule has 17 heavy (non-hydrogen) atoms. The van der Waals surface area contributed by atoms with E-state index in [4.69, 9.17) is 4.98 Å². The number of hydrogen-bond donors (Lipinski definition) is 2. The summed E-state index contributed by atoms with van der Waals surface area (Å²) in [7, 11) is 0. The summed E-state index contributed by atoms with van der Waals surface area (Å²) in [5.74, 6) is 1.21. The van der Waals surface area contributed by atoms with E-state index in [1.807, 2.05) is 0 Å². The summed E-state index contributed by atoms with van der Waals surface area (Å²) in [6.45, 7) is 6.64. The molecule has 1 atom stereocenters. The third kappa shape index (κ3) is 2.11. The van der Waals surface area contributed by atoms with Crippen LogP contribution in [0.5, 0.6) is 0 Å². The van der Waals surface area contributed by atoms with Gasteiger partial charge in [-0.15, -0.1) is 0 Å². The molecule has 0 amide bonds. The molecule has 0 saturated carbocycles. The van der Waals surface area contributed by atoms with Crippen molar-refractivity contribution in [1.29, 1.82) is 0 Å². The molecule has 1 aromatic rings. The second kappa shape index (κ2) is 4.78. The van der Waals surface area contributed by atoms with Crippen LogP contribution in [0.1, 0.15) is 49.4 Å². The first-order valence-corrected chi connectivity index (χ1v) is 6.91.